The second kappa shape index (κ2) is 8.74. The van der Waals surface area contributed by atoms with Crippen LogP contribution in [-0.4, -0.2) is 35.0 Å². The summed E-state index contributed by atoms with van der Waals surface area (Å²) < 4.78 is 6.88. The number of esters is 1. The molecule has 0 aliphatic carbocycles. The SMILES string of the molecule is COC(=O)C(C)CN(Cc1ccccc1)C(=O)Cc1cn(C)c2ccccc12. The number of hydrogen-bond acceptors (Lipinski definition) is 3. The van der Waals surface area contributed by atoms with E-state index in [1.165, 1.54) is 7.11 Å². The molecule has 1 atom stereocenters. The Labute approximate surface area is 165 Å². The third-order valence-electron chi connectivity index (χ3n) is 4.99. The molecule has 3 rings (SSSR count). The van der Waals surface area contributed by atoms with E-state index in [0.717, 1.165) is 22.0 Å². The summed E-state index contributed by atoms with van der Waals surface area (Å²) in [6.45, 7) is 2.58. The highest BCUT2D eigenvalue weighted by Gasteiger charge is 2.23. The number of hydrogen-bond donors (Lipinski definition) is 0. The summed E-state index contributed by atoms with van der Waals surface area (Å²) in [7, 11) is 3.36. The van der Waals surface area contributed by atoms with Gasteiger partial charge in [-0.25, -0.2) is 0 Å². The lowest BCUT2D eigenvalue weighted by Crippen LogP contribution is -2.37. The van der Waals surface area contributed by atoms with Crippen molar-refractivity contribution in [1.82, 2.24) is 9.47 Å². The molecule has 0 bridgehead atoms. The van der Waals surface area contributed by atoms with Gasteiger partial charge in [-0.05, 0) is 17.2 Å². The minimum Gasteiger partial charge on any atom is -0.469 e. The van der Waals surface area contributed by atoms with Gasteiger partial charge in [-0.15, -0.1) is 0 Å². The summed E-state index contributed by atoms with van der Waals surface area (Å²) in [6.07, 6.45) is 2.30. The van der Waals surface area contributed by atoms with Crippen molar-refractivity contribution in [3.8, 4) is 0 Å². The minimum absolute atomic E-state index is 0.00374. The predicted octanol–water partition coefficient (Wildman–Crippen LogP) is 3.56. The average molecular weight is 378 g/mol. The molecule has 0 saturated carbocycles. The Balaban J connectivity index is 1.83. The highest BCUT2D eigenvalue weighted by Crippen LogP contribution is 2.22. The normalized spacial score (nSPS) is 12.0. The molecule has 0 spiro atoms. The van der Waals surface area contributed by atoms with Crippen LogP contribution in [0, 0.1) is 5.92 Å². The van der Waals surface area contributed by atoms with Crippen molar-refractivity contribution < 1.29 is 14.3 Å². The number of rotatable bonds is 7. The fourth-order valence-corrected chi connectivity index (χ4v) is 3.51. The summed E-state index contributed by atoms with van der Waals surface area (Å²) in [5.41, 5.74) is 3.13. The van der Waals surface area contributed by atoms with Crippen molar-refractivity contribution in [3.05, 3.63) is 71.9 Å². The number of carbonyl (C=O) groups is 2. The molecule has 0 N–H and O–H groups in total. The van der Waals surface area contributed by atoms with E-state index in [-0.39, 0.29) is 17.8 Å². The van der Waals surface area contributed by atoms with Crippen molar-refractivity contribution in [2.45, 2.75) is 19.9 Å². The topological polar surface area (TPSA) is 51.5 Å². The van der Waals surface area contributed by atoms with Crippen LogP contribution in [0.1, 0.15) is 18.1 Å². The molecule has 146 valence electrons. The molecule has 0 fully saturated rings. The van der Waals surface area contributed by atoms with E-state index in [9.17, 15) is 9.59 Å². The summed E-state index contributed by atoms with van der Waals surface area (Å²) in [4.78, 5) is 26.8. The molecule has 2 aromatic carbocycles. The molecular weight excluding hydrogens is 352 g/mol. The number of aryl methyl sites for hydroxylation is 1. The number of methoxy groups -OCH3 is 1. The molecule has 1 aromatic heterocycles. The van der Waals surface area contributed by atoms with E-state index in [1.807, 2.05) is 72.4 Å². The Hall–Kier alpha value is -3.08. The van der Waals surface area contributed by atoms with Gasteiger partial charge < -0.3 is 14.2 Å². The largest absolute Gasteiger partial charge is 0.469 e. The Morgan fingerprint density at radius 3 is 2.46 bits per heavy atom. The van der Waals surface area contributed by atoms with Crippen LogP contribution in [0.3, 0.4) is 0 Å². The molecule has 1 amide bonds. The van der Waals surface area contributed by atoms with Crippen molar-refractivity contribution in [3.63, 3.8) is 0 Å². The molecule has 0 aliphatic heterocycles. The standard InChI is InChI=1S/C23H26N2O3/c1-17(23(27)28-3)14-25(15-18-9-5-4-6-10-18)22(26)13-19-16-24(2)21-12-8-7-11-20(19)21/h4-12,16-17H,13-15H2,1-3H3. The van der Waals surface area contributed by atoms with Crippen LogP contribution in [0.5, 0.6) is 0 Å². The average Bonchev–Trinajstić information content (AvgIpc) is 3.03. The smallest absolute Gasteiger partial charge is 0.310 e. The van der Waals surface area contributed by atoms with E-state index in [4.69, 9.17) is 4.74 Å². The van der Waals surface area contributed by atoms with Gasteiger partial charge in [-0.1, -0.05) is 55.5 Å². The lowest BCUT2D eigenvalue weighted by Gasteiger charge is -2.25. The van der Waals surface area contributed by atoms with Crippen LogP contribution in [0.4, 0.5) is 0 Å². The Bertz CT molecular complexity index is 962. The van der Waals surface area contributed by atoms with E-state index < -0.39 is 0 Å². The van der Waals surface area contributed by atoms with Gasteiger partial charge in [-0.2, -0.15) is 0 Å². The Morgan fingerprint density at radius 2 is 1.75 bits per heavy atom. The molecule has 1 heterocycles. The van der Waals surface area contributed by atoms with Gasteiger partial charge in [0.05, 0.1) is 19.4 Å². The highest BCUT2D eigenvalue weighted by atomic mass is 16.5. The monoisotopic (exact) mass is 378 g/mol. The highest BCUT2D eigenvalue weighted by molar-refractivity contribution is 5.89. The summed E-state index contributed by atoms with van der Waals surface area (Å²) >= 11 is 0. The number of amides is 1. The first-order valence-electron chi connectivity index (χ1n) is 9.42. The lowest BCUT2D eigenvalue weighted by atomic mass is 10.1. The maximum atomic E-state index is 13.2. The number of ether oxygens (including phenoxy) is 1. The zero-order valence-electron chi connectivity index (χ0n) is 16.6. The molecular formula is C23H26N2O3. The first-order chi connectivity index (χ1) is 13.5. The van der Waals surface area contributed by atoms with Crippen LogP contribution < -0.4 is 0 Å². The molecule has 0 aliphatic rings. The zero-order chi connectivity index (χ0) is 20.1. The van der Waals surface area contributed by atoms with Crippen LogP contribution in [0.2, 0.25) is 0 Å². The van der Waals surface area contributed by atoms with Gasteiger partial charge in [-0.3, -0.25) is 9.59 Å². The Kier molecular flexibility index (Phi) is 6.14. The minimum atomic E-state index is -0.384. The van der Waals surface area contributed by atoms with Gasteiger partial charge >= 0.3 is 5.97 Å². The number of nitrogens with zero attached hydrogens (tertiary/aromatic N) is 2. The maximum absolute atomic E-state index is 13.2. The van der Waals surface area contributed by atoms with Crippen LogP contribution in [0.25, 0.3) is 10.9 Å². The van der Waals surface area contributed by atoms with Crippen LogP contribution in [0.15, 0.2) is 60.8 Å². The molecule has 5 nitrogen and oxygen atoms in total. The van der Waals surface area contributed by atoms with Gasteiger partial charge in [0.15, 0.2) is 0 Å². The fourth-order valence-electron chi connectivity index (χ4n) is 3.51. The van der Waals surface area contributed by atoms with E-state index in [2.05, 4.69) is 0 Å². The van der Waals surface area contributed by atoms with Crippen LogP contribution >= 0.6 is 0 Å². The van der Waals surface area contributed by atoms with Crippen molar-refractivity contribution in [1.29, 1.82) is 0 Å². The zero-order valence-corrected chi connectivity index (χ0v) is 16.6. The van der Waals surface area contributed by atoms with Gasteiger partial charge in [0.1, 0.15) is 0 Å². The van der Waals surface area contributed by atoms with Gasteiger partial charge in [0, 0.05) is 37.2 Å². The van der Waals surface area contributed by atoms with Gasteiger partial charge in [0.25, 0.3) is 0 Å². The van der Waals surface area contributed by atoms with Crippen molar-refractivity contribution in [2.24, 2.45) is 13.0 Å². The van der Waals surface area contributed by atoms with E-state index in [1.54, 1.807) is 11.8 Å². The van der Waals surface area contributed by atoms with Crippen LogP contribution in [-0.2, 0) is 34.3 Å². The summed E-state index contributed by atoms with van der Waals surface area (Å²) in [5, 5.41) is 1.08. The first kappa shape index (κ1) is 19.7. The summed E-state index contributed by atoms with van der Waals surface area (Å²) in [6, 6.07) is 17.9. The van der Waals surface area contributed by atoms with Gasteiger partial charge in [0.2, 0.25) is 5.91 Å². The second-order valence-corrected chi connectivity index (χ2v) is 7.14. The van der Waals surface area contributed by atoms with E-state index in [0.29, 0.717) is 19.5 Å². The fraction of sp³-hybridized carbons (Fsp3) is 0.304. The molecule has 3 aromatic rings. The first-order valence-corrected chi connectivity index (χ1v) is 9.42. The number of para-hydroxylation sites is 1. The van der Waals surface area contributed by atoms with Crippen molar-refractivity contribution in [2.75, 3.05) is 13.7 Å². The van der Waals surface area contributed by atoms with Crippen molar-refractivity contribution >= 4 is 22.8 Å². The van der Waals surface area contributed by atoms with E-state index >= 15 is 0 Å². The number of fused-ring (bicyclic) bond motifs is 1. The third kappa shape index (κ3) is 4.42. The molecule has 5 heteroatoms. The molecule has 0 saturated heterocycles. The quantitative estimate of drug-likeness (QED) is 0.591. The third-order valence-corrected chi connectivity index (χ3v) is 4.99. The lowest BCUT2D eigenvalue weighted by molar-refractivity contribution is -0.146. The molecule has 0 radical (unpaired) electrons. The Morgan fingerprint density at radius 1 is 1.07 bits per heavy atom. The number of aromatic nitrogens is 1. The number of benzene rings is 2. The molecule has 28 heavy (non-hydrogen) atoms. The summed E-state index contributed by atoms with van der Waals surface area (Å²) in [5.74, 6) is -0.697. The predicted molar refractivity (Wildman–Crippen MR) is 110 cm³/mol. The maximum Gasteiger partial charge on any atom is 0.310 e. The molecule has 1 unspecified atom stereocenters. The second-order valence-electron chi connectivity index (χ2n) is 7.14. The number of carbonyl (C=O) groups excluding carboxylic acids is 2.